The maximum absolute atomic E-state index is 12.5. The van der Waals surface area contributed by atoms with Crippen molar-refractivity contribution >= 4 is 22.4 Å². The molecule has 0 spiro atoms. The van der Waals surface area contributed by atoms with E-state index in [2.05, 4.69) is 10.2 Å². The molecule has 1 amide bonds. The van der Waals surface area contributed by atoms with E-state index in [0.29, 0.717) is 10.7 Å². The smallest absolute Gasteiger partial charge is 0.259 e. The van der Waals surface area contributed by atoms with Gasteiger partial charge in [0.1, 0.15) is 5.01 Å². The third-order valence-electron chi connectivity index (χ3n) is 3.33. The lowest BCUT2D eigenvalue weighted by molar-refractivity contribution is 0.0993. The van der Waals surface area contributed by atoms with Crippen LogP contribution in [0.3, 0.4) is 0 Å². The lowest BCUT2D eigenvalue weighted by Crippen LogP contribution is -2.26. The zero-order valence-electron chi connectivity index (χ0n) is 12.4. The van der Waals surface area contributed by atoms with Gasteiger partial charge in [-0.05, 0) is 19.1 Å². The topological polar surface area (TPSA) is 46.1 Å². The lowest BCUT2D eigenvalue weighted by Gasteiger charge is -2.13. The second-order valence-electron chi connectivity index (χ2n) is 4.99. The molecule has 0 saturated heterocycles. The van der Waals surface area contributed by atoms with Gasteiger partial charge in [-0.25, -0.2) is 0 Å². The number of aryl methyl sites for hydroxylation is 1. The van der Waals surface area contributed by atoms with Gasteiger partial charge in [0.15, 0.2) is 0 Å². The number of hydrogen-bond donors (Lipinski definition) is 0. The Balaban J connectivity index is 1.83. The average Bonchev–Trinajstić information content (AvgIpc) is 3.05. The summed E-state index contributed by atoms with van der Waals surface area (Å²) in [4.78, 5) is 14.0. The predicted octanol–water partition coefficient (Wildman–Crippen LogP) is 3.79. The molecule has 0 atom stereocenters. The van der Waals surface area contributed by atoms with Gasteiger partial charge in [0, 0.05) is 18.2 Å². The van der Waals surface area contributed by atoms with Crippen LogP contribution in [0, 0.1) is 6.92 Å². The SMILES string of the molecule is Cc1ccc(C(=O)N(C)c2nnc(-c3ccccc3)s2)cc1. The molecule has 1 aromatic heterocycles. The van der Waals surface area contributed by atoms with Crippen molar-refractivity contribution in [3.63, 3.8) is 0 Å². The number of benzene rings is 2. The van der Waals surface area contributed by atoms with E-state index in [0.717, 1.165) is 16.1 Å². The summed E-state index contributed by atoms with van der Waals surface area (Å²) >= 11 is 1.40. The Bertz CT molecular complexity index is 781. The molecule has 0 fully saturated rings. The van der Waals surface area contributed by atoms with Crippen LogP contribution in [0.5, 0.6) is 0 Å². The number of amides is 1. The molecule has 0 radical (unpaired) electrons. The minimum Gasteiger partial charge on any atom is -0.286 e. The summed E-state index contributed by atoms with van der Waals surface area (Å²) in [5.74, 6) is -0.0873. The van der Waals surface area contributed by atoms with Gasteiger partial charge in [0.05, 0.1) is 0 Å². The Morgan fingerprint density at radius 3 is 2.36 bits per heavy atom. The van der Waals surface area contributed by atoms with E-state index in [1.807, 2.05) is 61.5 Å². The zero-order chi connectivity index (χ0) is 15.5. The highest BCUT2D eigenvalue weighted by Crippen LogP contribution is 2.28. The molecule has 0 aliphatic rings. The van der Waals surface area contributed by atoms with Crippen LogP contribution in [-0.4, -0.2) is 23.2 Å². The molecule has 2 aromatic carbocycles. The van der Waals surface area contributed by atoms with Gasteiger partial charge in [-0.15, -0.1) is 10.2 Å². The Morgan fingerprint density at radius 2 is 1.68 bits per heavy atom. The molecular weight excluding hydrogens is 294 g/mol. The van der Waals surface area contributed by atoms with Crippen molar-refractivity contribution in [2.24, 2.45) is 0 Å². The van der Waals surface area contributed by atoms with Gasteiger partial charge in [0.25, 0.3) is 5.91 Å². The van der Waals surface area contributed by atoms with Crippen LogP contribution in [0.25, 0.3) is 10.6 Å². The number of hydrogen-bond acceptors (Lipinski definition) is 4. The number of aromatic nitrogens is 2. The van der Waals surface area contributed by atoms with Crippen LogP contribution in [0.4, 0.5) is 5.13 Å². The molecule has 3 aromatic rings. The molecule has 110 valence electrons. The van der Waals surface area contributed by atoms with Crippen molar-refractivity contribution in [2.45, 2.75) is 6.92 Å². The summed E-state index contributed by atoms with van der Waals surface area (Å²) in [6.07, 6.45) is 0. The second kappa shape index (κ2) is 6.07. The van der Waals surface area contributed by atoms with Crippen LogP contribution < -0.4 is 4.90 Å². The molecule has 3 rings (SSSR count). The Kier molecular flexibility index (Phi) is 3.98. The Labute approximate surface area is 133 Å². The van der Waals surface area contributed by atoms with Gasteiger partial charge < -0.3 is 0 Å². The lowest BCUT2D eigenvalue weighted by atomic mass is 10.1. The highest BCUT2D eigenvalue weighted by molar-refractivity contribution is 7.18. The molecular formula is C17H15N3OS. The minimum atomic E-state index is -0.0873. The first-order chi connectivity index (χ1) is 10.6. The highest BCUT2D eigenvalue weighted by atomic mass is 32.1. The molecule has 0 aliphatic carbocycles. The summed E-state index contributed by atoms with van der Waals surface area (Å²) < 4.78 is 0. The number of anilines is 1. The minimum absolute atomic E-state index is 0.0873. The number of rotatable bonds is 3. The van der Waals surface area contributed by atoms with Crippen molar-refractivity contribution in [1.29, 1.82) is 0 Å². The first-order valence-electron chi connectivity index (χ1n) is 6.89. The highest BCUT2D eigenvalue weighted by Gasteiger charge is 2.17. The molecule has 0 aliphatic heterocycles. The second-order valence-corrected chi connectivity index (χ2v) is 5.94. The molecule has 1 heterocycles. The first kappa shape index (κ1) is 14.4. The summed E-state index contributed by atoms with van der Waals surface area (Å²) in [6.45, 7) is 1.99. The van der Waals surface area contributed by atoms with E-state index in [-0.39, 0.29) is 5.91 Å². The molecule has 0 saturated carbocycles. The molecule has 0 unspecified atom stereocenters. The van der Waals surface area contributed by atoms with Crippen LogP contribution >= 0.6 is 11.3 Å². The van der Waals surface area contributed by atoms with Crippen LogP contribution in [0.1, 0.15) is 15.9 Å². The van der Waals surface area contributed by atoms with Gasteiger partial charge in [-0.2, -0.15) is 0 Å². The van der Waals surface area contributed by atoms with Crippen molar-refractivity contribution in [3.05, 3.63) is 65.7 Å². The average molecular weight is 309 g/mol. The summed E-state index contributed by atoms with van der Waals surface area (Å²) in [5, 5.41) is 9.69. The molecule has 22 heavy (non-hydrogen) atoms. The predicted molar refractivity (Wildman–Crippen MR) is 89.3 cm³/mol. The number of carbonyl (C=O) groups is 1. The fraction of sp³-hybridized carbons (Fsp3) is 0.118. The summed E-state index contributed by atoms with van der Waals surface area (Å²) in [6, 6.07) is 17.3. The fourth-order valence-corrected chi connectivity index (χ4v) is 2.84. The van der Waals surface area contributed by atoms with Crippen molar-refractivity contribution < 1.29 is 4.79 Å². The summed E-state index contributed by atoms with van der Waals surface area (Å²) in [5.41, 5.74) is 2.77. The Morgan fingerprint density at radius 1 is 1.00 bits per heavy atom. The number of carbonyl (C=O) groups excluding carboxylic acids is 1. The third-order valence-corrected chi connectivity index (χ3v) is 4.37. The van der Waals surface area contributed by atoms with E-state index in [1.165, 1.54) is 16.2 Å². The molecule has 4 nitrogen and oxygen atoms in total. The van der Waals surface area contributed by atoms with E-state index in [4.69, 9.17) is 0 Å². The molecule has 5 heteroatoms. The van der Waals surface area contributed by atoms with Gasteiger partial charge >= 0.3 is 0 Å². The van der Waals surface area contributed by atoms with Crippen LogP contribution in [0.15, 0.2) is 54.6 Å². The largest absolute Gasteiger partial charge is 0.286 e. The zero-order valence-corrected chi connectivity index (χ0v) is 13.2. The molecule has 0 N–H and O–H groups in total. The van der Waals surface area contributed by atoms with E-state index < -0.39 is 0 Å². The van der Waals surface area contributed by atoms with Gasteiger partial charge in [-0.3, -0.25) is 9.69 Å². The van der Waals surface area contributed by atoms with Gasteiger partial charge in [-0.1, -0.05) is 59.4 Å². The molecule has 0 bridgehead atoms. The number of nitrogens with zero attached hydrogens (tertiary/aromatic N) is 3. The summed E-state index contributed by atoms with van der Waals surface area (Å²) in [7, 11) is 1.72. The van der Waals surface area contributed by atoms with Crippen molar-refractivity contribution in [3.8, 4) is 10.6 Å². The van der Waals surface area contributed by atoms with E-state index in [9.17, 15) is 4.79 Å². The van der Waals surface area contributed by atoms with E-state index >= 15 is 0 Å². The van der Waals surface area contributed by atoms with Crippen LogP contribution in [-0.2, 0) is 0 Å². The van der Waals surface area contributed by atoms with Crippen molar-refractivity contribution in [1.82, 2.24) is 10.2 Å². The Hall–Kier alpha value is -2.53. The normalized spacial score (nSPS) is 10.5. The first-order valence-corrected chi connectivity index (χ1v) is 7.70. The monoisotopic (exact) mass is 309 g/mol. The van der Waals surface area contributed by atoms with Crippen LogP contribution in [0.2, 0.25) is 0 Å². The van der Waals surface area contributed by atoms with E-state index in [1.54, 1.807) is 7.05 Å². The standard InChI is InChI=1S/C17H15N3OS/c1-12-8-10-14(11-9-12)16(21)20(2)17-19-18-15(22-17)13-6-4-3-5-7-13/h3-11H,1-2H3. The maximum atomic E-state index is 12.5. The van der Waals surface area contributed by atoms with Gasteiger partial charge in [0.2, 0.25) is 5.13 Å². The van der Waals surface area contributed by atoms with Crippen molar-refractivity contribution in [2.75, 3.05) is 11.9 Å². The fourth-order valence-electron chi connectivity index (χ4n) is 2.03. The quantitative estimate of drug-likeness (QED) is 0.739. The third kappa shape index (κ3) is 2.89. The maximum Gasteiger partial charge on any atom is 0.259 e.